The third-order valence-electron chi connectivity index (χ3n) is 4.11. The second-order valence-electron chi connectivity index (χ2n) is 6.06. The lowest BCUT2D eigenvalue weighted by Gasteiger charge is -2.17. The predicted octanol–water partition coefficient (Wildman–Crippen LogP) is 3.40. The van der Waals surface area contributed by atoms with Crippen LogP contribution in [0.25, 0.3) is 0 Å². The van der Waals surface area contributed by atoms with Crippen molar-refractivity contribution < 1.29 is 14.4 Å². The topological polar surface area (TPSA) is 78.5 Å². The Morgan fingerprint density at radius 1 is 1.08 bits per heavy atom. The Labute approximate surface area is 159 Å². The molecule has 1 fully saturated rings. The fraction of sp³-hybridized carbons (Fsp3) is 0.211. The van der Waals surface area contributed by atoms with Gasteiger partial charge in [0.2, 0.25) is 17.7 Å². The maximum Gasteiger partial charge on any atom is 0.239 e. The van der Waals surface area contributed by atoms with Gasteiger partial charge in [-0.05, 0) is 48.9 Å². The number of carbonyl (C=O) groups is 3. The first-order valence-electron chi connectivity index (χ1n) is 8.19. The number of carbonyl (C=O) groups excluding carboxylic acids is 3. The molecule has 0 aliphatic carbocycles. The van der Waals surface area contributed by atoms with Crippen molar-refractivity contribution in [3.8, 4) is 0 Å². The van der Waals surface area contributed by atoms with Crippen LogP contribution in [-0.4, -0.2) is 24.3 Å². The minimum absolute atomic E-state index is 0.161. The Balaban J connectivity index is 1.65. The van der Waals surface area contributed by atoms with Crippen molar-refractivity contribution in [2.24, 2.45) is 5.92 Å². The summed E-state index contributed by atoms with van der Waals surface area (Å²) in [5.41, 5.74) is 2.01. The number of halogens is 1. The van der Waals surface area contributed by atoms with Crippen molar-refractivity contribution in [3.63, 3.8) is 0 Å². The summed E-state index contributed by atoms with van der Waals surface area (Å²) in [5.74, 6) is -1.38. The quantitative estimate of drug-likeness (QED) is 0.750. The summed E-state index contributed by atoms with van der Waals surface area (Å²) in [4.78, 5) is 37.8. The second kappa shape index (κ2) is 7.70. The van der Waals surface area contributed by atoms with Crippen LogP contribution in [0.3, 0.4) is 0 Å². The van der Waals surface area contributed by atoms with Crippen molar-refractivity contribution in [2.75, 3.05) is 22.1 Å². The smallest absolute Gasteiger partial charge is 0.239 e. The molecule has 0 radical (unpaired) electrons. The molecule has 0 aromatic heterocycles. The third-order valence-corrected chi connectivity index (χ3v) is 4.61. The van der Waals surface area contributed by atoms with Gasteiger partial charge in [0.05, 0.1) is 0 Å². The second-order valence-corrected chi connectivity index (χ2v) is 6.97. The van der Waals surface area contributed by atoms with Gasteiger partial charge >= 0.3 is 0 Å². The first-order chi connectivity index (χ1) is 12.4. The summed E-state index contributed by atoms with van der Waals surface area (Å²) in [6.07, 6.45) is 0.473. The highest BCUT2D eigenvalue weighted by molar-refractivity contribution is 9.10. The molecule has 0 unspecified atom stereocenters. The van der Waals surface area contributed by atoms with Gasteiger partial charge in [-0.2, -0.15) is 0 Å². The van der Waals surface area contributed by atoms with Gasteiger partial charge in [-0.25, -0.2) is 0 Å². The van der Waals surface area contributed by atoms with Crippen LogP contribution in [0.1, 0.15) is 13.3 Å². The van der Waals surface area contributed by atoms with Gasteiger partial charge in [-0.1, -0.05) is 22.0 Å². The molecule has 3 rings (SSSR count). The summed E-state index contributed by atoms with van der Waals surface area (Å²) < 4.78 is 0.884. The van der Waals surface area contributed by atoms with Gasteiger partial charge in [-0.15, -0.1) is 0 Å². The monoisotopic (exact) mass is 415 g/mol. The molecule has 0 bridgehead atoms. The average Bonchev–Trinajstić information content (AvgIpc) is 2.98. The SMILES string of the molecule is CC(=O)Nc1ccc(NC(=O)[C@@H]2CCN(c3cccc(Br)c3)C2=O)cc1. The van der Waals surface area contributed by atoms with E-state index in [2.05, 4.69) is 26.6 Å². The third kappa shape index (κ3) is 4.11. The summed E-state index contributed by atoms with van der Waals surface area (Å²) in [6, 6.07) is 14.2. The normalized spacial score (nSPS) is 16.5. The largest absolute Gasteiger partial charge is 0.326 e. The molecule has 1 heterocycles. The number of anilines is 3. The van der Waals surface area contributed by atoms with Crippen molar-refractivity contribution >= 4 is 50.7 Å². The average molecular weight is 416 g/mol. The van der Waals surface area contributed by atoms with Crippen LogP contribution in [0.4, 0.5) is 17.1 Å². The van der Waals surface area contributed by atoms with E-state index in [0.29, 0.717) is 24.3 Å². The Morgan fingerprint density at radius 3 is 2.35 bits per heavy atom. The maximum absolute atomic E-state index is 12.6. The zero-order valence-electron chi connectivity index (χ0n) is 14.2. The number of hydrogen-bond acceptors (Lipinski definition) is 3. The number of benzene rings is 2. The van der Waals surface area contributed by atoms with E-state index in [-0.39, 0.29) is 17.7 Å². The van der Waals surface area contributed by atoms with E-state index in [4.69, 9.17) is 0 Å². The highest BCUT2D eigenvalue weighted by Crippen LogP contribution is 2.28. The molecule has 2 aromatic rings. The molecule has 2 N–H and O–H groups in total. The number of nitrogens with zero attached hydrogens (tertiary/aromatic N) is 1. The van der Waals surface area contributed by atoms with Gasteiger partial charge in [0.1, 0.15) is 5.92 Å². The molecule has 1 atom stereocenters. The first kappa shape index (κ1) is 18.1. The molecular weight excluding hydrogens is 398 g/mol. The van der Waals surface area contributed by atoms with E-state index in [1.54, 1.807) is 29.2 Å². The Hall–Kier alpha value is -2.67. The number of amides is 3. The van der Waals surface area contributed by atoms with Crippen LogP contribution in [0.5, 0.6) is 0 Å². The first-order valence-corrected chi connectivity index (χ1v) is 8.99. The fourth-order valence-electron chi connectivity index (χ4n) is 2.89. The minimum Gasteiger partial charge on any atom is -0.326 e. The van der Waals surface area contributed by atoms with E-state index in [9.17, 15) is 14.4 Å². The van der Waals surface area contributed by atoms with Crippen LogP contribution in [0.2, 0.25) is 0 Å². The Morgan fingerprint density at radius 2 is 1.73 bits per heavy atom. The molecule has 1 aliphatic heterocycles. The molecule has 6 nitrogen and oxygen atoms in total. The molecule has 1 saturated heterocycles. The van der Waals surface area contributed by atoms with Crippen molar-refractivity contribution in [1.29, 1.82) is 0 Å². The molecular formula is C19H18BrN3O3. The van der Waals surface area contributed by atoms with Crippen LogP contribution in [0, 0.1) is 5.92 Å². The fourth-order valence-corrected chi connectivity index (χ4v) is 3.28. The van der Waals surface area contributed by atoms with Crippen molar-refractivity contribution in [1.82, 2.24) is 0 Å². The number of nitrogens with one attached hydrogen (secondary N) is 2. The van der Waals surface area contributed by atoms with Gasteiger partial charge in [0, 0.05) is 35.0 Å². The van der Waals surface area contributed by atoms with Crippen LogP contribution >= 0.6 is 15.9 Å². The van der Waals surface area contributed by atoms with Crippen LogP contribution in [0.15, 0.2) is 53.0 Å². The van der Waals surface area contributed by atoms with Crippen LogP contribution in [-0.2, 0) is 14.4 Å². The van der Waals surface area contributed by atoms with Crippen molar-refractivity contribution in [2.45, 2.75) is 13.3 Å². The zero-order valence-corrected chi connectivity index (χ0v) is 15.7. The van der Waals surface area contributed by atoms with Gasteiger partial charge in [0.15, 0.2) is 0 Å². The molecule has 1 aliphatic rings. The summed E-state index contributed by atoms with van der Waals surface area (Å²) in [5, 5.41) is 5.43. The van der Waals surface area contributed by atoms with E-state index in [1.807, 2.05) is 24.3 Å². The minimum atomic E-state index is -0.705. The van der Waals surface area contributed by atoms with Crippen molar-refractivity contribution in [3.05, 3.63) is 53.0 Å². The molecule has 2 aromatic carbocycles. The lowest BCUT2D eigenvalue weighted by Crippen LogP contribution is -2.33. The van der Waals surface area contributed by atoms with E-state index < -0.39 is 5.92 Å². The van der Waals surface area contributed by atoms with E-state index >= 15 is 0 Å². The summed E-state index contributed by atoms with van der Waals surface area (Å²) in [6.45, 7) is 1.94. The zero-order chi connectivity index (χ0) is 18.7. The lowest BCUT2D eigenvalue weighted by atomic mass is 10.1. The summed E-state index contributed by atoms with van der Waals surface area (Å²) >= 11 is 3.39. The lowest BCUT2D eigenvalue weighted by molar-refractivity contribution is -0.129. The highest BCUT2D eigenvalue weighted by Gasteiger charge is 2.37. The van der Waals surface area contributed by atoms with Gasteiger partial charge in [-0.3, -0.25) is 14.4 Å². The molecule has 3 amide bonds. The molecule has 26 heavy (non-hydrogen) atoms. The maximum atomic E-state index is 12.6. The molecule has 7 heteroatoms. The molecule has 134 valence electrons. The standard InChI is InChI=1S/C19H18BrN3O3/c1-12(24)21-14-5-7-15(8-6-14)22-18(25)17-9-10-23(19(17)26)16-4-2-3-13(20)11-16/h2-8,11,17H,9-10H2,1H3,(H,21,24)(H,22,25)/t17-/m0/s1. The van der Waals surface area contributed by atoms with Gasteiger partial charge < -0.3 is 15.5 Å². The Bertz CT molecular complexity index is 851. The van der Waals surface area contributed by atoms with Crippen LogP contribution < -0.4 is 15.5 Å². The highest BCUT2D eigenvalue weighted by atomic mass is 79.9. The molecule has 0 saturated carbocycles. The molecule has 0 spiro atoms. The van der Waals surface area contributed by atoms with E-state index in [1.165, 1.54) is 6.92 Å². The van der Waals surface area contributed by atoms with Gasteiger partial charge in [0.25, 0.3) is 0 Å². The number of rotatable bonds is 4. The Kier molecular flexibility index (Phi) is 5.37. The predicted molar refractivity (Wildman–Crippen MR) is 104 cm³/mol. The number of hydrogen-bond donors (Lipinski definition) is 2. The summed E-state index contributed by atoms with van der Waals surface area (Å²) in [7, 11) is 0. The van der Waals surface area contributed by atoms with E-state index in [0.717, 1.165) is 10.2 Å².